The van der Waals surface area contributed by atoms with Crippen LogP contribution in [0.4, 0.5) is 17.6 Å². The van der Waals surface area contributed by atoms with E-state index < -0.39 is 17.6 Å². The van der Waals surface area contributed by atoms with Gasteiger partial charge >= 0.3 is 0 Å². The lowest BCUT2D eigenvalue weighted by atomic mass is 9.75. The first-order valence-electron chi connectivity index (χ1n) is 16.5. The van der Waals surface area contributed by atoms with Crippen LogP contribution in [0.1, 0.15) is 168 Å². The predicted octanol–water partition coefficient (Wildman–Crippen LogP) is 12.1. The lowest BCUT2D eigenvalue weighted by Gasteiger charge is -2.30. The van der Waals surface area contributed by atoms with Crippen molar-refractivity contribution in [3.05, 3.63) is 69.8 Å². The van der Waals surface area contributed by atoms with E-state index >= 15 is 0 Å². The van der Waals surface area contributed by atoms with E-state index in [1.54, 1.807) is 12.1 Å². The molecular weight excluding hydrogens is 536 g/mol. The molecule has 0 heterocycles. The van der Waals surface area contributed by atoms with Crippen LogP contribution in [0.3, 0.4) is 0 Å². The number of benzene rings is 2. The molecule has 4 rings (SSSR count). The van der Waals surface area contributed by atoms with Crippen molar-refractivity contribution in [2.45, 2.75) is 141 Å². The first-order chi connectivity index (χ1) is 19.9. The van der Waals surface area contributed by atoms with Gasteiger partial charge in [0.25, 0.3) is 11.8 Å². The molecule has 1 nitrogen and oxygen atoms in total. The van der Waals surface area contributed by atoms with Crippen molar-refractivity contribution in [1.82, 2.24) is 0 Å². The third kappa shape index (κ3) is 8.05. The second-order valence-electron chi connectivity index (χ2n) is 13.4. The van der Waals surface area contributed by atoms with Gasteiger partial charge in [-0.1, -0.05) is 76.6 Å². The molecule has 0 N–H and O–H groups in total. The van der Waals surface area contributed by atoms with Crippen LogP contribution in [0, 0.1) is 11.8 Å². The van der Waals surface area contributed by atoms with Gasteiger partial charge in [0, 0.05) is 36.1 Å². The maximum absolute atomic E-state index is 15.0. The van der Waals surface area contributed by atoms with Gasteiger partial charge in [-0.3, -0.25) is 4.79 Å². The van der Waals surface area contributed by atoms with Crippen molar-refractivity contribution >= 4 is 5.78 Å². The number of hydrogen-bond acceptors (Lipinski definition) is 1. The minimum Gasteiger partial charge on any atom is -0.289 e. The monoisotopic (exact) mass is 586 g/mol. The average Bonchev–Trinajstić information content (AvgIpc) is 2.97. The number of hydrogen-bond donors (Lipinski definition) is 0. The predicted molar refractivity (Wildman–Crippen MR) is 164 cm³/mol. The first kappa shape index (κ1) is 32.7. The Kier molecular flexibility index (Phi) is 11.0. The van der Waals surface area contributed by atoms with E-state index in [4.69, 9.17) is 0 Å². The standard InChI is InChI=1S/C37H50F4O/c1-5-7-9-25-11-15-27(16-12-25)29-19-21-31(33(23-29)36(3,38)39)35(42)32-22-20-30(24-34(32)37(4,40)41)28-17-13-26(14-18-28)10-8-6-2/h19-28H,5-18H2,1-4H3. The molecular formula is C37H50F4O. The lowest BCUT2D eigenvalue weighted by Crippen LogP contribution is -2.21. The first-order valence-corrected chi connectivity index (χ1v) is 16.5. The minimum absolute atomic E-state index is 0.181. The molecule has 2 aromatic carbocycles. The summed E-state index contributed by atoms with van der Waals surface area (Å²) in [4.78, 5) is 13.8. The number of unbranched alkanes of at least 4 members (excludes halogenated alkanes) is 2. The van der Waals surface area contributed by atoms with Gasteiger partial charge in [0.1, 0.15) is 0 Å². The maximum Gasteiger partial charge on any atom is 0.271 e. The summed E-state index contributed by atoms with van der Waals surface area (Å²) in [5.74, 6) is -5.55. The highest BCUT2D eigenvalue weighted by atomic mass is 19.3. The lowest BCUT2D eigenvalue weighted by molar-refractivity contribution is 0.0158. The van der Waals surface area contributed by atoms with Gasteiger partial charge in [-0.15, -0.1) is 0 Å². The van der Waals surface area contributed by atoms with E-state index in [2.05, 4.69) is 13.8 Å². The summed E-state index contributed by atoms with van der Waals surface area (Å²) in [5, 5.41) is 0. The van der Waals surface area contributed by atoms with Crippen LogP contribution < -0.4 is 0 Å². The number of carbonyl (C=O) groups is 1. The summed E-state index contributed by atoms with van der Waals surface area (Å²) in [6.07, 6.45) is 15.4. The summed E-state index contributed by atoms with van der Waals surface area (Å²) in [6.45, 7) is 5.97. The molecule has 42 heavy (non-hydrogen) atoms. The van der Waals surface area contributed by atoms with Gasteiger partial charge in [0.15, 0.2) is 5.78 Å². The van der Waals surface area contributed by atoms with Crippen LogP contribution in [-0.2, 0) is 11.8 Å². The van der Waals surface area contributed by atoms with Crippen molar-refractivity contribution in [2.75, 3.05) is 0 Å². The molecule has 232 valence electrons. The van der Waals surface area contributed by atoms with Gasteiger partial charge in [0.05, 0.1) is 0 Å². The third-order valence-electron chi connectivity index (χ3n) is 10.1. The SMILES string of the molecule is CCCCC1CCC(c2ccc(C(=O)c3ccc(C4CCC(CCCC)CC4)cc3C(C)(F)F)c(C(C)(F)F)c2)CC1. The smallest absolute Gasteiger partial charge is 0.271 e. The number of carbonyl (C=O) groups excluding carboxylic acids is 1. The topological polar surface area (TPSA) is 17.1 Å². The summed E-state index contributed by atoms with van der Waals surface area (Å²) in [6, 6.07) is 9.40. The molecule has 0 aliphatic heterocycles. The van der Waals surface area contributed by atoms with Crippen molar-refractivity contribution in [3.63, 3.8) is 0 Å². The summed E-state index contributed by atoms with van der Waals surface area (Å²) < 4.78 is 60.0. The molecule has 0 atom stereocenters. The molecule has 0 unspecified atom stereocenters. The third-order valence-corrected chi connectivity index (χ3v) is 10.1. The second-order valence-corrected chi connectivity index (χ2v) is 13.4. The molecule has 2 aliphatic carbocycles. The fourth-order valence-corrected chi connectivity index (χ4v) is 7.45. The zero-order chi connectivity index (χ0) is 30.5. The molecule has 0 amide bonds. The van der Waals surface area contributed by atoms with Crippen LogP contribution in [0.5, 0.6) is 0 Å². The normalized spacial score (nSPS) is 23.6. The molecule has 0 radical (unpaired) electrons. The Morgan fingerprint density at radius 2 is 1.00 bits per heavy atom. The Hall–Kier alpha value is -2.17. The Balaban J connectivity index is 1.59. The molecule has 5 heteroatoms. The molecule has 2 saturated carbocycles. The fraction of sp³-hybridized carbons (Fsp3) is 0.649. The Morgan fingerprint density at radius 3 is 1.31 bits per heavy atom. The highest BCUT2D eigenvalue weighted by molar-refractivity contribution is 6.11. The molecule has 0 spiro atoms. The van der Waals surface area contributed by atoms with Gasteiger partial charge in [-0.05, 0) is 98.3 Å². The van der Waals surface area contributed by atoms with Crippen molar-refractivity contribution < 1.29 is 22.4 Å². The van der Waals surface area contributed by atoms with E-state index in [9.17, 15) is 22.4 Å². The number of alkyl halides is 4. The van der Waals surface area contributed by atoms with Crippen molar-refractivity contribution in [2.24, 2.45) is 11.8 Å². The van der Waals surface area contributed by atoms with E-state index in [0.717, 1.165) is 76.3 Å². The fourth-order valence-electron chi connectivity index (χ4n) is 7.45. The van der Waals surface area contributed by atoms with Crippen molar-refractivity contribution in [3.8, 4) is 0 Å². The van der Waals surface area contributed by atoms with Gasteiger partial charge in [0.2, 0.25) is 0 Å². The van der Waals surface area contributed by atoms with E-state index in [1.165, 1.54) is 62.8 Å². The number of ketones is 1. The minimum atomic E-state index is -3.27. The summed E-state index contributed by atoms with van der Waals surface area (Å²) in [7, 11) is 0. The molecule has 2 aliphatic rings. The zero-order valence-electron chi connectivity index (χ0n) is 26.1. The quantitative estimate of drug-likeness (QED) is 0.179. The van der Waals surface area contributed by atoms with Crippen molar-refractivity contribution in [1.29, 1.82) is 0 Å². The summed E-state index contributed by atoms with van der Waals surface area (Å²) in [5.41, 5.74) is 0.553. The molecule has 0 saturated heterocycles. The largest absolute Gasteiger partial charge is 0.289 e. The Labute approximate surface area is 250 Å². The van der Waals surface area contributed by atoms with Gasteiger partial charge in [-0.25, -0.2) is 17.6 Å². The average molecular weight is 587 g/mol. The Bertz CT molecular complexity index is 1080. The van der Waals surface area contributed by atoms with Crippen LogP contribution >= 0.6 is 0 Å². The molecule has 2 fully saturated rings. The van der Waals surface area contributed by atoms with Crippen LogP contribution in [0.25, 0.3) is 0 Å². The van der Waals surface area contributed by atoms with Gasteiger partial charge < -0.3 is 0 Å². The van der Waals surface area contributed by atoms with E-state index in [-0.39, 0.29) is 34.1 Å². The number of rotatable bonds is 12. The Morgan fingerprint density at radius 1 is 0.643 bits per heavy atom. The van der Waals surface area contributed by atoms with E-state index in [0.29, 0.717) is 11.8 Å². The highest BCUT2D eigenvalue weighted by Gasteiger charge is 2.36. The highest BCUT2D eigenvalue weighted by Crippen LogP contribution is 2.43. The van der Waals surface area contributed by atoms with Gasteiger partial charge in [-0.2, -0.15) is 0 Å². The second kappa shape index (κ2) is 14.1. The summed E-state index contributed by atoms with van der Waals surface area (Å²) >= 11 is 0. The number of halogens is 4. The van der Waals surface area contributed by atoms with Crippen LogP contribution in [-0.4, -0.2) is 5.78 Å². The zero-order valence-corrected chi connectivity index (χ0v) is 26.1. The van der Waals surface area contributed by atoms with E-state index in [1.807, 2.05) is 0 Å². The molecule has 2 aromatic rings. The maximum atomic E-state index is 15.0. The van der Waals surface area contributed by atoms with Crippen LogP contribution in [0.2, 0.25) is 0 Å². The van der Waals surface area contributed by atoms with Crippen LogP contribution in [0.15, 0.2) is 36.4 Å². The molecule has 0 bridgehead atoms. The molecule has 0 aromatic heterocycles.